The zero-order chi connectivity index (χ0) is 19.3. The van der Waals surface area contributed by atoms with E-state index in [1.54, 1.807) is 20.4 Å². The van der Waals surface area contributed by atoms with Crippen LogP contribution in [-0.2, 0) is 0 Å². The van der Waals surface area contributed by atoms with Crippen LogP contribution in [0.1, 0.15) is 5.56 Å². The number of benzene rings is 2. The van der Waals surface area contributed by atoms with Crippen molar-refractivity contribution in [3.63, 3.8) is 0 Å². The van der Waals surface area contributed by atoms with Gasteiger partial charge >= 0.3 is 0 Å². The summed E-state index contributed by atoms with van der Waals surface area (Å²) >= 11 is 0. The fraction of sp³-hybridized carbons (Fsp3) is 0.100. The van der Waals surface area contributed by atoms with Gasteiger partial charge in [0.05, 0.1) is 26.1 Å². The molecule has 0 bridgehead atoms. The average Bonchev–Trinajstić information content (AvgIpc) is 3.42. The van der Waals surface area contributed by atoms with Gasteiger partial charge in [0.15, 0.2) is 11.5 Å². The zero-order valence-corrected chi connectivity index (χ0v) is 15.4. The highest BCUT2D eigenvalue weighted by Gasteiger charge is 2.14. The fourth-order valence-electron chi connectivity index (χ4n) is 2.79. The lowest BCUT2D eigenvalue weighted by atomic mass is 10.1. The van der Waals surface area contributed by atoms with E-state index in [2.05, 4.69) is 15.3 Å². The number of para-hydroxylation sites is 1. The Hall–Kier alpha value is -3.94. The van der Waals surface area contributed by atoms with Gasteiger partial charge in [0.2, 0.25) is 0 Å². The van der Waals surface area contributed by atoms with E-state index in [0.29, 0.717) is 11.5 Å². The molecule has 140 valence electrons. The second kappa shape index (κ2) is 7.75. The van der Waals surface area contributed by atoms with Crippen LogP contribution in [-0.4, -0.2) is 45.1 Å². The van der Waals surface area contributed by atoms with Crippen molar-refractivity contribution < 1.29 is 9.47 Å². The molecule has 0 N–H and O–H groups in total. The lowest BCUT2D eigenvalue weighted by Crippen LogP contribution is -1.95. The van der Waals surface area contributed by atoms with Crippen molar-refractivity contribution in [2.45, 2.75) is 0 Å². The quantitative estimate of drug-likeness (QED) is 0.485. The van der Waals surface area contributed by atoms with Gasteiger partial charge in [-0.2, -0.15) is 10.2 Å². The summed E-state index contributed by atoms with van der Waals surface area (Å²) in [7, 11) is 3.22. The van der Waals surface area contributed by atoms with Gasteiger partial charge in [0.25, 0.3) is 0 Å². The van der Waals surface area contributed by atoms with Crippen LogP contribution in [0.15, 0.2) is 72.5 Å². The van der Waals surface area contributed by atoms with E-state index in [1.165, 1.54) is 17.3 Å². The molecule has 28 heavy (non-hydrogen) atoms. The van der Waals surface area contributed by atoms with Crippen LogP contribution in [0.5, 0.6) is 11.5 Å². The summed E-state index contributed by atoms with van der Waals surface area (Å²) in [5.41, 5.74) is 3.44. The molecule has 2 aromatic heterocycles. The molecule has 8 nitrogen and oxygen atoms in total. The minimum Gasteiger partial charge on any atom is -0.493 e. The number of nitrogens with zero attached hydrogens (tertiary/aromatic N) is 6. The first-order valence-corrected chi connectivity index (χ1v) is 8.55. The summed E-state index contributed by atoms with van der Waals surface area (Å²) in [6.45, 7) is 0. The number of rotatable bonds is 6. The topological polar surface area (TPSA) is 79.4 Å². The summed E-state index contributed by atoms with van der Waals surface area (Å²) in [6, 6.07) is 15.6. The normalized spacial score (nSPS) is 11.1. The molecule has 0 aliphatic heterocycles. The van der Waals surface area contributed by atoms with Gasteiger partial charge in [-0.15, -0.1) is 10.2 Å². The Balaban J connectivity index is 1.81. The van der Waals surface area contributed by atoms with Crippen LogP contribution in [0.4, 0.5) is 0 Å². The molecule has 4 rings (SSSR count). The van der Waals surface area contributed by atoms with Gasteiger partial charge in [-0.05, 0) is 30.3 Å². The Bertz CT molecular complexity index is 1090. The van der Waals surface area contributed by atoms with E-state index in [0.717, 1.165) is 22.5 Å². The molecule has 0 aliphatic carbocycles. The molecule has 8 heteroatoms. The maximum Gasteiger partial charge on any atom is 0.161 e. The fourth-order valence-corrected chi connectivity index (χ4v) is 2.79. The minimum atomic E-state index is 0.635. The Morgan fingerprint density at radius 3 is 2.39 bits per heavy atom. The zero-order valence-electron chi connectivity index (χ0n) is 15.4. The number of methoxy groups -OCH3 is 2. The highest BCUT2D eigenvalue weighted by Crippen LogP contribution is 2.33. The predicted octanol–water partition coefficient (Wildman–Crippen LogP) is 3.03. The molecule has 0 aliphatic rings. The van der Waals surface area contributed by atoms with E-state index in [1.807, 2.05) is 59.4 Å². The number of aromatic nitrogens is 5. The summed E-state index contributed by atoms with van der Waals surface area (Å²) in [6.07, 6.45) is 6.69. The molecule has 0 spiro atoms. The molecule has 0 saturated carbocycles. The van der Waals surface area contributed by atoms with Gasteiger partial charge in [-0.25, -0.2) is 9.36 Å². The Labute approximate surface area is 161 Å². The lowest BCUT2D eigenvalue weighted by molar-refractivity contribution is 0.355. The van der Waals surface area contributed by atoms with Gasteiger partial charge in [-0.3, -0.25) is 0 Å². The van der Waals surface area contributed by atoms with Crippen molar-refractivity contribution in [2.75, 3.05) is 14.2 Å². The number of ether oxygens (including phenoxy) is 2. The maximum atomic E-state index is 5.43. The first kappa shape index (κ1) is 17.5. The smallest absolute Gasteiger partial charge is 0.161 e. The number of hydrogen-bond acceptors (Lipinski definition) is 6. The Morgan fingerprint density at radius 2 is 1.68 bits per heavy atom. The largest absolute Gasteiger partial charge is 0.493 e. The SMILES string of the molecule is COc1ccc(-c2nn(-c3ccccc3)cc2/C=N/n2cnnc2)cc1OC. The predicted molar refractivity (Wildman–Crippen MR) is 105 cm³/mol. The third-order valence-corrected chi connectivity index (χ3v) is 4.16. The highest BCUT2D eigenvalue weighted by atomic mass is 16.5. The van der Waals surface area contributed by atoms with Gasteiger partial charge < -0.3 is 9.47 Å². The van der Waals surface area contributed by atoms with E-state index in [4.69, 9.17) is 14.6 Å². The van der Waals surface area contributed by atoms with Crippen LogP contribution in [0.2, 0.25) is 0 Å². The molecular weight excluding hydrogens is 356 g/mol. The van der Waals surface area contributed by atoms with Crippen LogP contribution >= 0.6 is 0 Å². The third kappa shape index (κ3) is 3.48. The Morgan fingerprint density at radius 1 is 0.929 bits per heavy atom. The molecule has 0 unspecified atom stereocenters. The molecular formula is C20H18N6O2. The molecule has 0 atom stereocenters. The Kier molecular flexibility index (Phi) is 4.83. The summed E-state index contributed by atoms with van der Waals surface area (Å²) in [4.78, 5) is 0. The standard InChI is InChI=1S/C20H18N6O2/c1-27-18-9-8-15(10-19(18)28-2)20-16(11-23-25-13-21-22-14-25)12-26(24-20)17-6-4-3-5-7-17/h3-14H,1-2H3/b23-11+. The van der Waals surface area contributed by atoms with Crippen molar-refractivity contribution in [3.8, 4) is 28.4 Å². The molecule has 0 amide bonds. The van der Waals surface area contributed by atoms with Gasteiger partial charge in [-0.1, -0.05) is 18.2 Å². The van der Waals surface area contributed by atoms with Crippen LogP contribution in [0.3, 0.4) is 0 Å². The first-order chi connectivity index (χ1) is 13.8. The van der Waals surface area contributed by atoms with Gasteiger partial charge in [0, 0.05) is 17.3 Å². The highest BCUT2D eigenvalue weighted by molar-refractivity contribution is 5.89. The monoisotopic (exact) mass is 374 g/mol. The van der Waals surface area contributed by atoms with E-state index in [9.17, 15) is 0 Å². The molecule has 4 aromatic rings. The van der Waals surface area contributed by atoms with Crippen molar-refractivity contribution in [2.24, 2.45) is 5.10 Å². The first-order valence-electron chi connectivity index (χ1n) is 8.55. The van der Waals surface area contributed by atoms with Crippen molar-refractivity contribution in [1.29, 1.82) is 0 Å². The summed E-state index contributed by atoms with van der Waals surface area (Å²) in [5.74, 6) is 1.30. The summed E-state index contributed by atoms with van der Waals surface area (Å²) < 4.78 is 14.1. The molecule has 2 heterocycles. The van der Waals surface area contributed by atoms with E-state index < -0.39 is 0 Å². The third-order valence-electron chi connectivity index (χ3n) is 4.16. The lowest BCUT2D eigenvalue weighted by Gasteiger charge is -2.09. The summed E-state index contributed by atoms with van der Waals surface area (Å²) in [5, 5.41) is 16.6. The van der Waals surface area contributed by atoms with Gasteiger partial charge in [0.1, 0.15) is 18.3 Å². The number of hydrogen-bond donors (Lipinski definition) is 0. The molecule has 0 radical (unpaired) electrons. The van der Waals surface area contributed by atoms with Crippen molar-refractivity contribution in [1.82, 2.24) is 24.7 Å². The molecule has 2 aromatic carbocycles. The van der Waals surface area contributed by atoms with Crippen LogP contribution in [0.25, 0.3) is 16.9 Å². The minimum absolute atomic E-state index is 0.635. The van der Waals surface area contributed by atoms with Crippen molar-refractivity contribution in [3.05, 3.63) is 72.9 Å². The second-order valence-electron chi connectivity index (χ2n) is 5.87. The van der Waals surface area contributed by atoms with Crippen LogP contribution in [0, 0.1) is 0 Å². The molecule has 0 saturated heterocycles. The van der Waals surface area contributed by atoms with Crippen LogP contribution < -0.4 is 9.47 Å². The van der Waals surface area contributed by atoms with E-state index in [-0.39, 0.29) is 0 Å². The maximum absolute atomic E-state index is 5.43. The second-order valence-corrected chi connectivity index (χ2v) is 5.87. The average molecular weight is 374 g/mol. The molecule has 0 fully saturated rings. The van der Waals surface area contributed by atoms with Crippen molar-refractivity contribution >= 4 is 6.21 Å². The van der Waals surface area contributed by atoms with E-state index >= 15 is 0 Å².